The van der Waals surface area contributed by atoms with Crippen LogP contribution >= 0.6 is 0 Å². The quantitative estimate of drug-likeness (QED) is 0.459. The molecule has 1 amide bonds. The highest BCUT2D eigenvalue weighted by atomic mass is 16.5. The van der Waals surface area contributed by atoms with E-state index in [9.17, 15) is 4.79 Å². The third kappa shape index (κ3) is 4.64. The molecule has 150 valence electrons. The minimum atomic E-state index is -0.362. The zero-order valence-electron chi connectivity index (χ0n) is 16.2. The van der Waals surface area contributed by atoms with Gasteiger partial charge in [0.1, 0.15) is 17.2 Å². The molecule has 0 aliphatic carbocycles. The van der Waals surface area contributed by atoms with E-state index < -0.39 is 0 Å². The molecule has 0 fully saturated rings. The lowest BCUT2D eigenvalue weighted by molar-refractivity contribution is 0.101. The molecule has 2 aromatic heterocycles. The molecule has 0 aliphatic rings. The number of nitrogens with zero attached hydrogens (tertiary/aromatic N) is 2. The standard InChI is InChI=1S/C23H19N3O4/c1-2-28-18-7-9-20(10-8-18)29-19-5-3-17(4-6-19)25-23(27)21-15-22(30-26-21)16-11-13-24-14-12-16/h3-15H,2H2,1H3,(H,25,27). The van der Waals surface area contributed by atoms with Crippen LogP contribution < -0.4 is 14.8 Å². The molecule has 0 saturated heterocycles. The molecule has 0 atom stereocenters. The van der Waals surface area contributed by atoms with Crippen molar-refractivity contribution < 1.29 is 18.8 Å². The van der Waals surface area contributed by atoms with E-state index in [1.807, 2.05) is 31.2 Å². The molecule has 0 saturated carbocycles. The summed E-state index contributed by atoms with van der Waals surface area (Å²) in [6, 6.07) is 19.6. The molecule has 0 bridgehead atoms. The third-order valence-electron chi connectivity index (χ3n) is 4.19. The highest BCUT2D eigenvalue weighted by Gasteiger charge is 2.14. The Morgan fingerprint density at radius 3 is 2.23 bits per heavy atom. The van der Waals surface area contributed by atoms with Crippen molar-refractivity contribution in [3.8, 4) is 28.6 Å². The van der Waals surface area contributed by atoms with Gasteiger partial charge in [0.15, 0.2) is 11.5 Å². The van der Waals surface area contributed by atoms with Crippen LogP contribution in [0.25, 0.3) is 11.3 Å². The third-order valence-corrected chi connectivity index (χ3v) is 4.19. The number of rotatable bonds is 7. The van der Waals surface area contributed by atoms with Crippen molar-refractivity contribution in [2.45, 2.75) is 6.92 Å². The second-order valence-electron chi connectivity index (χ2n) is 6.30. The van der Waals surface area contributed by atoms with Gasteiger partial charge < -0.3 is 19.3 Å². The van der Waals surface area contributed by atoms with E-state index in [1.165, 1.54) is 0 Å². The summed E-state index contributed by atoms with van der Waals surface area (Å²) in [5, 5.41) is 6.63. The summed E-state index contributed by atoms with van der Waals surface area (Å²) in [4.78, 5) is 16.4. The molecule has 1 N–H and O–H groups in total. The summed E-state index contributed by atoms with van der Waals surface area (Å²) in [6.45, 7) is 2.56. The van der Waals surface area contributed by atoms with Gasteiger partial charge in [-0.1, -0.05) is 5.16 Å². The van der Waals surface area contributed by atoms with E-state index in [4.69, 9.17) is 14.0 Å². The first-order valence-corrected chi connectivity index (χ1v) is 9.40. The average Bonchev–Trinajstić information content (AvgIpc) is 3.28. The van der Waals surface area contributed by atoms with Gasteiger partial charge in [-0.25, -0.2) is 0 Å². The highest BCUT2D eigenvalue weighted by molar-refractivity contribution is 6.03. The van der Waals surface area contributed by atoms with Crippen LogP contribution in [0.15, 0.2) is 83.6 Å². The summed E-state index contributed by atoms with van der Waals surface area (Å²) in [6.07, 6.45) is 3.29. The van der Waals surface area contributed by atoms with Gasteiger partial charge in [-0.05, 0) is 67.6 Å². The van der Waals surface area contributed by atoms with E-state index in [2.05, 4.69) is 15.5 Å². The fourth-order valence-electron chi connectivity index (χ4n) is 2.74. The fraction of sp³-hybridized carbons (Fsp3) is 0.0870. The van der Waals surface area contributed by atoms with Gasteiger partial charge >= 0.3 is 0 Å². The number of pyridine rings is 1. The molecule has 0 unspecified atom stereocenters. The smallest absolute Gasteiger partial charge is 0.277 e. The normalized spacial score (nSPS) is 10.4. The molecule has 2 aromatic carbocycles. The molecule has 4 rings (SSSR count). The SMILES string of the molecule is CCOc1ccc(Oc2ccc(NC(=O)c3cc(-c4ccncc4)on3)cc2)cc1. The Bertz CT molecular complexity index is 1110. The minimum Gasteiger partial charge on any atom is -0.494 e. The predicted molar refractivity (Wildman–Crippen MR) is 112 cm³/mol. The first-order chi connectivity index (χ1) is 14.7. The lowest BCUT2D eigenvalue weighted by Crippen LogP contribution is -2.11. The van der Waals surface area contributed by atoms with Gasteiger partial charge in [0.05, 0.1) is 6.61 Å². The topological polar surface area (TPSA) is 86.5 Å². The van der Waals surface area contributed by atoms with Gasteiger partial charge in [-0.3, -0.25) is 9.78 Å². The summed E-state index contributed by atoms with van der Waals surface area (Å²) < 4.78 is 16.5. The van der Waals surface area contributed by atoms with Crippen molar-refractivity contribution in [1.82, 2.24) is 10.1 Å². The van der Waals surface area contributed by atoms with E-state index in [1.54, 1.807) is 54.9 Å². The maximum absolute atomic E-state index is 12.4. The first kappa shape index (κ1) is 19.2. The zero-order chi connectivity index (χ0) is 20.8. The molecule has 7 nitrogen and oxygen atoms in total. The number of hydrogen-bond donors (Lipinski definition) is 1. The summed E-state index contributed by atoms with van der Waals surface area (Å²) in [5.74, 6) is 2.28. The Morgan fingerprint density at radius 2 is 1.57 bits per heavy atom. The molecule has 7 heteroatoms. The second-order valence-corrected chi connectivity index (χ2v) is 6.30. The average molecular weight is 401 g/mol. The van der Waals surface area contributed by atoms with E-state index >= 15 is 0 Å². The fourth-order valence-corrected chi connectivity index (χ4v) is 2.74. The maximum Gasteiger partial charge on any atom is 0.277 e. The van der Waals surface area contributed by atoms with Crippen molar-refractivity contribution in [2.75, 3.05) is 11.9 Å². The first-order valence-electron chi connectivity index (χ1n) is 9.40. The Hall–Kier alpha value is -4.13. The predicted octanol–water partition coefficient (Wildman–Crippen LogP) is 5.18. The minimum absolute atomic E-state index is 0.191. The van der Waals surface area contributed by atoms with Crippen LogP contribution in [0.2, 0.25) is 0 Å². The molecule has 0 aliphatic heterocycles. The Kier molecular flexibility index (Phi) is 5.70. The van der Waals surface area contributed by atoms with Gasteiger partial charge in [-0.15, -0.1) is 0 Å². The lowest BCUT2D eigenvalue weighted by atomic mass is 10.2. The lowest BCUT2D eigenvalue weighted by Gasteiger charge is -2.08. The molecule has 4 aromatic rings. The van der Waals surface area contributed by atoms with Crippen molar-refractivity contribution >= 4 is 11.6 Å². The van der Waals surface area contributed by atoms with E-state index in [-0.39, 0.29) is 11.6 Å². The summed E-state index contributed by atoms with van der Waals surface area (Å²) in [5.41, 5.74) is 1.61. The summed E-state index contributed by atoms with van der Waals surface area (Å²) >= 11 is 0. The Labute approximate surface area is 173 Å². The van der Waals surface area contributed by atoms with Crippen LogP contribution in [0, 0.1) is 0 Å². The molecule has 2 heterocycles. The van der Waals surface area contributed by atoms with Crippen LogP contribution in [-0.4, -0.2) is 22.7 Å². The van der Waals surface area contributed by atoms with E-state index in [0.717, 1.165) is 11.3 Å². The van der Waals surface area contributed by atoms with Crippen LogP contribution in [0.4, 0.5) is 5.69 Å². The molecular formula is C23H19N3O4. The van der Waals surface area contributed by atoms with E-state index in [0.29, 0.717) is 29.6 Å². The number of benzene rings is 2. The van der Waals surface area contributed by atoms with Crippen molar-refractivity contribution in [3.63, 3.8) is 0 Å². The number of amides is 1. The Morgan fingerprint density at radius 1 is 0.933 bits per heavy atom. The summed E-state index contributed by atoms with van der Waals surface area (Å²) in [7, 11) is 0. The largest absolute Gasteiger partial charge is 0.494 e. The number of nitrogens with one attached hydrogen (secondary N) is 1. The molecule has 0 spiro atoms. The van der Waals surface area contributed by atoms with Crippen LogP contribution in [0.1, 0.15) is 17.4 Å². The number of aromatic nitrogens is 2. The van der Waals surface area contributed by atoms with Crippen LogP contribution in [-0.2, 0) is 0 Å². The van der Waals surface area contributed by atoms with Crippen molar-refractivity contribution in [1.29, 1.82) is 0 Å². The molecule has 0 radical (unpaired) electrons. The second kappa shape index (κ2) is 8.91. The van der Waals surface area contributed by atoms with Crippen molar-refractivity contribution in [3.05, 3.63) is 84.8 Å². The maximum atomic E-state index is 12.4. The molecule has 30 heavy (non-hydrogen) atoms. The van der Waals surface area contributed by atoms with Gasteiger partial charge in [0, 0.05) is 29.7 Å². The Balaban J connectivity index is 1.37. The number of anilines is 1. The molecular weight excluding hydrogens is 382 g/mol. The van der Waals surface area contributed by atoms with Gasteiger partial charge in [-0.2, -0.15) is 0 Å². The van der Waals surface area contributed by atoms with Gasteiger partial charge in [0.25, 0.3) is 5.91 Å². The van der Waals surface area contributed by atoms with Crippen molar-refractivity contribution in [2.24, 2.45) is 0 Å². The number of ether oxygens (including phenoxy) is 2. The van der Waals surface area contributed by atoms with Crippen LogP contribution in [0.5, 0.6) is 17.2 Å². The van der Waals surface area contributed by atoms with Gasteiger partial charge in [0.2, 0.25) is 0 Å². The van der Waals surface area contributed by atoms with Crippen LogP contribution in [0.3, 0.4) is 0 Å². The number of carbonyl (C=O) groups excluding carboxylic acids is 1. The zero-order valence-corrected chi connectivity index (χ0v) is 16.2. The highest BCUT2D eigenvalue weighted by Crippen LogP contribution is 2.25. The number of hydrogen-bond acceptors (Lipinski definition) is 6. The monoisotopic (exact) mass is 401 g/mol. The number of carbonyl (C=O) groups is 1.